The molecule has 0 unspecified atom stereocenters. The number of fused-ring (bicyclic) bond motifs is 3. The minimum atomic E-state index is 0.0998. The molecule has 0 saturated carbocycles. The molecular formula is C39H34. The smallest absolute Gasteiger partial charge is 0.0328 e. The fourth-order valence-corrected chi connectivity index (χ4v) is 7.14. The predicted octanol–water partition coefficient (Wildman–Crippen LogP) is 10.6. The van der Waals surface area contributed by atoms with E-state index in [4.69, 9.17) is 0 Å². The van der Waals surface area contributed by atoms with E-state index in [-0.39, 0.29) is 5.41 Å². The Labute approximate surface area is 232 Å². The second kappa shape index (κ2) is 9.59. The van der Waals surface area contributed by atoms with E-state index in [9.17, 15) is 0 Å². The van der Waals surface area contributed by atoms with E-state index in [0.717, 1.165) is 11.1 Å². The second-order valence-corrected chi connectivity index (χ2v) is 11.3. The van der Waals surface area contributed by atoms with Gasteiger partial charge < -0.3 is 0 Å². The van der Waals surface area contributed by atoms with Gasteiger partial charge in [0.1, 0.15) is 0 Å². The lowest BCUT2D eigenvalue weighted by Crippen LogP contribution is -2.25. The van der Waals surface area contributed by atoms with Crippen LogP contribution in [0.15, 0.2) is 97.1 Å². The van der Waals surface area contributed by atoms with Gasteiger partial charge >= 0.3 is 0 Å². The van der Waals surface area contributed by atoms with Crippen molar-refractivity contribution in [1.82, 2.24) is 0 Å². The summed E-state index contributed by atoms with van der Waals surface area (Å²) in [5, 5.41) is 7.81. The second-order valence-electron chi connectivity index (χ2n) is 11.3. The molecule has 0 fully saturated rings. The minimum absolute atomic E-state index is 0.0998. The SMILES string of the molecule is CCCCC1(CCCC)c2ccccc2-c2ccc(C#Cc3ccc4ccc5cccc6ccc3c4c56)cc21. The lowest BCUT2D eigenvalue weighted by atomic mass is 9.70. The van der Waals surface area contributed by atoms with E-state index in [2.05, 4.69) is 123 Å². The van der Waals surface area contributed by atoms with Crippen molar-refractivity contribution in [2.24, 2.45) is 0 Å². The number of benzene rings is 6. The highest BCUT2D eigenvalue weighted by molar-refractivity contribution is 6.23. The van der Waals surface area contributed by atoms with Crippen LogP contribution in [0.5, 0.6) is 0 Å². The molecule has 6 aromatic rings. The van der Waals surface area contributed by atoms with Crippen molar-refractivity contribution in [2.75, 3.05) is 0 Å². The van der Waals surface area contributed by atoms with Crippen LogP contribution in [0, 0.1) is 11.8 Å². The summed E-state index contributed by atoms with van der Waals surface area (Å²) < 4.78 is 0. The molecule has 0 saturated heterocycles. The molecule has 39 heavy (non-hydrogen) atoms. The first-order chi connectivity index (χ1) is 19.2. The molecule has 0 heterocycles. The fourth-order valence-electron chi connectivity index (χ4n) is 7.14. The molecule has 6 aromatic carbocycles. The zero-order valence-corrected chi connectivity index (χ0v) is 23.0. The first kappa shape index (κ1) is 24.0. The maximum absolute atomic E-state index is 3.59. The van der Waals surface area contributed by atoms with Gasteiger partial charge in [-0.25, -0.2) is 0 Å². The molecule has 1 aliphatic rings. The molecule has 0 heteroatoms. The molecule has 0 aliphatic heterocycles. The Bertz CT molecular complexity index is 1870. The van der Waals surface area contributed by atoms with Gasteiger partial charge in [-0.2, -0.15) is 0 Å². The Morgan fingerprint density at radius 3 is 2.00 bits per heavy atom. The fraction of sp³-hybridized carbons (Fsp3) is 0.231. The first-order valence-corrected chi connectivity index (χ1v) is 14.7. The maximum atomic E-state index is 3.59. The zero-order chi connectivity index (χ0) is 26.4. The lowest BCUT2D eigenvalue weighted by Gasteiger charge is -2.32. The summed E-state index contributed by atoms with van der Waals surface area (Å²) in [6, 6.07) is 36.1. The average molecular weight is 503 g/mol. The Morgan fingerprint density at radius 1 is 0.564 bits per heavy atom. The largest absolute Gasteiger partial charge is 0.0654 e. The molecule has 7 rings (SSSR count). The summed E-state index contributed by atoms with van der Waals surface area (Å²) in [6.07, 6.45) is 7.35. The number of unbranched alkanes of at least 4 members (excludes halogenated alkanes) is 2. The standard InChI is InChI=1S/C39H34/c1-3-5-24-39(25-6-4-2)35-13-8-7-12-33(35)34-22-15-27(26-36(34)39)14-16-28-17-18-31-20-19-29-10-9-11-30-21-23-32(28)38(31)37(29)30/h7-13,15,17-23,26H,3-6,24-25H2,1-2H3. The number of hydrogen-bond acceptors (Lipinski definition) is 0. The molecular weight excluding hydrogens is 468 g/mol. The summed E-state index contributed by atoms with van der Waals surface area (Å²) in [5.74, 6) is 7.18. The van der Waals surface area contributed by atoms with Gasteiger partial charge in [0.25, 0.3) is 0 Å². The van der Waals surface area contributed by atoms with E-state index in [1.54, 1.807) is 0 Å². The zero-order valence-electron chi connectivity index (χ0n) is 23.0. The quantitative estimate of drug-likeness (QED) is 0.157. The molecule has 0 atom stereocenters. The Kier molecular flexibility index (Phi) is 5.90. The highest BCUT2D eigenvalue weighted by Crippen LogP contribution is 2.54. The summed E-state index contributed by atoms with van der Waals surface area (Å²) in [5.41, 5.74) is 8.17. The van der Waals surface area contributed by atoms with Crippen LogP contribution in [0.25, 0.3) is 43.4 Å². The van der Waals surface area contributed by atoms with Gasteiger partial charge in [0.2, 0.25) is 0 Å². The van der Waals surface area contributed by atoms with Crippen molar-refractivity contribution in [2.45, 2.75) is 57.8 Å². The highest BCUT2D eigenvalue weighted by atomic mass is 14.4. The summed E-state index contributed by atoms with van der Waals surface area (Å²) in [6.45, 7) is 4.63. The van der Waals surface area contributed by atoms with Crippen LogP contribution in [0.3, 0.4) is 0 Å². The number of hydrogen-bond donors (Lipinski definition) is 0. The monoisotopic (exact) mass is 502 g/mol. The van der Waals surface area contributed by atoms with Crippen LogP contribution in [0.4, 0.5) is 0 Å². The van der Waals surface area contributed by atoms with Crippen LogP contribution in [-0.2, 0) is 5.41 Å². The Balaban J connectivity index is 1.36. The maximum Gasteiger partial charge on any atom is 0.0328 e. The van der Waals surface area contributed by atoms with Gasteiger partial charge in [-0.05, 0) is 85.6 Å². The molecule has 0 nitrogen and oxygen atoms in total. The van der Waals surface area contributed by atoms with Crippen molar-refractivity contribution in [1.29, 1.82) is 0 Å². The predicted molar refractivity (Wildman–Crippen MR) is 168 cm³/mol. The molecule has 1 aliphatic carbocycles. The van der Waals surface area contributed by atoms with Gasteiger partial charge in [-0.3, -0.25) is 0 Å². The van der Waals surface area contributed by atoms with Crippen molar-refractivity contribution in [3.63, 3.8) is 0 Å². The molecule has 190 valence electrons. The van der Waals surface area contributed by atoms with Crippen molar-refractivity contribution >= 4 is 32.3 Å². The van der Waals surface area contributed by atoms with E-state index < -0.39 is 0 Å². The van der Waals surface area contributed by atoms with Crippen LogP contribution >= 0.6 is 0 Å². The van der Waals surface area contributed by atoms with Gasteiger partial charge in [0, 0.05) is 16.5 Å². The van der Waals surface area contributed by atoms with Crippen LogP contribution in [0.1, 0.15) is 74.6 Å². The third-order valence-electron chi connectivity index (χ3n) is 9.05. The summed E-state index contributed by atoms with van der Waals surface area (Å²) in [4.78, 5) is 0. The van der Waals surface area contributed by atoms with Crippen molar-refractivity contribution < 1.29 is 0 Å². The summed E-state index contributed by atoms with van der Waals surface area (Å²) in [7, 11) is 0. The third-order valence-corrected chi connectivity index (χ3v) is 9.05. The van der Waals surface area contributed by atoms with Crippen molar-refractivity contribution in [3.8, 4) is 23.0 Å². The van der Waals surface area contributed by atoms with Crippen LogP contribution in [-0.4, -0.2) is 0 Å². The topological polar surface area (TPSA) is 0 Å². The molecule has 0 spiro atoms. The first-order valence-electron chi connectivity index (χ1n) is 14.7. The van der Waals surface area contributed by atoms with Gasteiger partial charge in [0.15, 0.2) is 0 Å². The lowest BCUT2D eigenvalue weighted by molar-refractivity contribution is 0.414. The molecule has 0 aromatic heterocycles. The molecule has 0 radical (unpaired) electrons. The average Bonchev–Trinajstić information content (AvgIpc) is 3.26. The van der Waals surface area contributed by atoms with E-state index in [0.29, 0.717) is 0 Å². The number of rotatable bonds is 6. The molecule has 0 N–H and O–H groups in total. The van der Waals surface area contributed by atoms with Gasteiger partial charge in [-0.1, -0.05) is 130 Å². The van der Waals surface area contributed by atoms with Crippen molar-refractivity contribution in [3.05, 3.63) is 119 Å². The van der Waals surface area contributed by atoms with E-state index >= 15 is 0 Å². The Hall–Kier alpha value is -4.08. The van der Waals surface area contributed by atoms with Crippen LogP contribution < -0.4 is 0 Å². The minimum Gasteiger partial charge on any atom is -0.0654 e. The van der Waals surface area contributed by atoms with E-state index in [1.165, 1.54) is 93.1 Å². The van der Waals surface area contributed by atoms with Crippen LogP contribution in [0.2, 0.25) is 0 Å². The molecule has 0 amide bonds. The highest BCUT2D eigenvalue weighted by Gasteiger charge is 2.41. The van der Waals surface area contributed by atoms with E-state index in [1.807, 2.05) is 0 Å². The molecule has 0 bridgehead atoms. The van der Waals surface area contributed by atoms with Gasteiger partial charge in [-0.15, -0.1) is 0 Å². The summed E-state index contributed by atoms with van der Waals surface area (Å²) >= 11 is 0. The van der Waals surface area contributed by atoms with Gasteiger partial charge in [0.05, 0.1) is 0 Å². The normalized spacial score (nSPS) is 13.5. The third kappa shape index (κ3) is 3.76. The Morgan fingerprint density at radius 2 is 1.23 bits per heavy atom.